The van der Waals surface area contributed by atoms with Crippen LogP contribution in [-0.4, -0.2) is 51.6 Å². The number of nitrogens with zero attached hydrogens (tertiary/aromatic N) is 2. The third-order valence-electron chi connectivity index (χ3n) is 4.31. The topological polar surface area (TPSA) is 74.8 Å². The molecule has 0 amide bonds. The number of alkyl halides is 3. The highest BCUT2D eigenvalue weighted by Crippen LogP contribution is 2.31. The zero-order valence-electron chi connectivity index (χ0n) is 14.7. The van der Waals surface area contributed by atoms with Crippen LogP contribution in [0.5, 0.6) is 0 Å². The summed E-state index contributed by atoms with van der Waals surface area (Å²) in [6.07, 6.45) is -4.66. The van der Waals surface area contributed by atoms with Crippen molar-refractivity contribution in [1.82, 2.24) is 8.61 Å². The van der Waals surface area contributed by atoms with E-state index in [4.69, 9.17) is 0 Å². The Morgan fingerprint density at radius 1 is 0.893 bits per heavy atom. The first-order chi connectivity index (χ1) is 12.9. The van der Waals surface area contributed by atoms with Crippen LogP contribution < -0.4 is 0 Å². The maximum absolute atomic E-state index is 12.9. The molecule has 1 aliphatic rings. The van der Waals surface area contributed by atoms with E-state index in [0.717, 1.165) is 38.7 Å². The average Bonchev–Trinajstić information content (AvgIpc) is 3.08. The Bertz CT molecular complexity index is 1070. The lowest BCUT2D eigenvalue weighted by Gasteiger charge is -2.33. The van der Waals surface area contributed by atoms with Gasteiger partial charge < -0.3 is 0 Å². The molecule has 0 atom stereocenters. The second kappa shape index (κ2) is 7.41. The Kier molecular flexibility index (Phi) is 5.62. The summed E-state index contributed by atoms with van der Waals surface area (Å²) in [6.45, 7) is 1.36. The van der Waals surface area contributed by atoms with E-state index in [1.54, 1.807) is 13.0 Å². The van der Waals surface area contributed by atoms with E-state index >= 15 is 0 Å². The first-order valence-electron chi connectivity index (χ1n) is 8.16. The zero-order chi connectivity index (χ0) is 20.7. The van der Waals surface area contributed by atoms with E-state index in [1.165, 1.54) is 10.4 Å². The maximum atomic E-state index is 12.9. The lowest BCUT2D eigenvalue weighted by molar-refractivity contribution is -0.137. The normalized spacial score (nSPS) is 17.7. The summed E-state index contributed by atoms with van der Waals surface area (Å²) in [5.74, 6) is 0. The van der Waals surface area contributed by atoms with Crippen LogP contribution in [-0.2, 0) is 26.2 Å². The Hall–Kier alpha value is -1.47. The van der Waals surface area contributed by atoms with Crippen LogP contribution >= 0.6 is 11.3 Å². The summed E-state index contributed by atoms with van der Waals surface area (Å²) in [5.41, 5.74) is -1.05. The Balaban J connectivity index is 1.77. The van der Waals surface area contributed by atoms with E-state index in [2.05, 4.69) is 0 Å². The highest BCUT2D eigenvalue weighted by molar-refractivity contribution is 7.91. The van der Waals surface area contributed by atoms with Crippen LogP contribution in [0.15, 0.2) is 45.5 Å². The fourth-order valence-electron chi connectivity index (χ4n) is 2.81. The molecule has 0 spiro atoms. The van der Waals surface area contributed by atoms with Gasteiger partial charge in [0.05, 0.1) is 10.5 Å². The van der Waals surface area contributed by atoms with Crippen molar-refractivity contribution in [2.75, 3.05) is 26.2 Å². The SMILES string of the molecule is Cc1ccc(S(=O)(=O)N2CCN(S(=O)(=O)c3cccc(C(F)(F)F)c3)CC2)s1. The van der Waals surface area contributed by atoms with Gasteiger partial charge in [-0.2, -0.15) is 21.8 Å². The molecule has 0 saturated carbocycles. The molecule has 12 heteroatoms. The zero-order valence-corrected chi connectivity index (χ0v) is 17.1. The highest BCUT2D eigenvalue weighted by atomic mass is 32.2. The van der Waals surface area contributed by atoms with E-state index in [9.17, 15) is 30.0 Å². The summed E-state index contributed by atoms with van der Waals surface area (Å²) >= 11 is 1.13. The molecular formula is C16H17F3N2O4S3. The Morgan fingerprint density at radius 3 is 1.96 bits per heavy atom. The standard InChI is InChI=1S/C16H17F3N2O4S3/c1-12-5-6-15(26-12)28(24,25)21-9-7-20(8-10-21)27(22,23)14-4-2-3-13(11-14)16(17,18)19/h2-6,11H,7-10H2,1H3. The van der Waals surface area contributed by atoms with Gasteiger partial charge >= 0.3 is 6.18 Å². The Morgan fingerprint density at radius 2 is 1.46 bits per heavy atom. The monoisotopic (exact) mass is 454 g/mol. The minimum absolute atomic E-state index is 0.0720. The van der Waals surface area contributed by atoms with Gasteiger partial charge in [-0.3, -0.25) is 0 Å². The summed E-state index contributed by atoms with van der Waals surface area (Å²) < 4.78 is 91.6. The van der Waals surface area contributed by atoms with Crippen LogP contribution in [0.1, 0.15) is 10.4 Å². The van der Waals surface area contributed by atoms with Gasteiger partial charge in [-0.25, -0.2) is 16.8 Å². The van der Waals surface area contributed by atoms with Gasteiger partial charge in [0, 0.05) is 31.1 Å². The molecule has 2 aromatic rings. The lowest BCUT2D eigenvalue weighted by Crippen LogP contribution is -2.50. The van der Waals surface area contributed by atoms with E-state index < -0.39 is 36.7 Å². The molecule has 2 heterocycles. The highest BCUT2D eigenvalue weighted by Gasteiger charge is 2.36. The number of sulfonamides is 2. The molecule has 1 fully saturated rings. The number of hydrogen-bond acceptors (Lipinski definition) is 5. The molecule has 0 radical (unpaired) electrons. The fraction of sp³-hybridized carbons (Fsp3) is 0.375. The van der Waals surface area contributed by atoms with Crippen LogP contribution in [0, 0.1) is 6.92 Å². The molecule has 3 rings (SSSR count). The molecule has 6 nitrogen and oxygen atoms in total. The van der Waals surface area contributed by atoms with Gasteiger partial charge in [-0.05, 0) is 37.3 Å². The molecule has 0 N–H and O–H groups in total. The minimum atomic E-state index is -4.66. The number of rotatable bonds is 4. The van der Waals surface area contributed by atoms with E-state index in [-0.39, 0.29) is 30.4 Å². The predicted octanol–water partition coefficient (Wildman–Crippen LogP) is 2.77. The number of halogens is 3. The number of hydrogen-bond donors (Lipinski definition) is 0. The molecule has 1 aliphatic heterocycles. The van der Waals surface area contributed by atoms with Crippen molar-refractivity contribution in [3.8, 4) is 0 Å². The number of piperazine rings is 1. The minimum Gasteiger partial charge on any atom is -0.207 e. The second-order valence-electron chi connectivity index (χ2n) is 6.20. The summed E-state index contributed by atoms with van der Waals surface area (Å²) in [7, 11) is -7.88. The second-order valence-corrected chi connectivity index (χ2v) is 11.6. The molecule has 1 aromatic carbocycles. The van der Waals surface area contributed by atoms with Crippen molar-refractivity contribution in [1.29, 1.82) is 0 Å². The van der Waals surface area contributed by atoms with Crippen molar-refractivity contribution in [3.05, 3.63) is 46.8 Å². The fourth-order valence-corrected chi connectivity index (χ4v) is 7.14. The number of benzene rings is 1. The van der Waals surface area contributed by atoms with Gasteiger partial charge in [-0.15, -0.1) is 11.3 Å². The van der Waals surface area contributed by atoms with Crippen molar-refractivity contribution >= 4 is 31.4 Å². The quantitative estimate of drug-likeness (QED) is 0.712. The smallest absolute Gasteiger partial charge is 0.207 e. The van der Waals surface area contributed by atoms with Gasteiger partial charge in [0.1, 0.15) is 4.21 Å². The van der Waals surface area contributed by atoms with Crippen molar-refractivity contribution < 1.29 is 30.0 Å². The third kappa shape index (κ3) is 4.10. The van der Waals surface area contributed by atoms with Gasteiger partial charge in [0.15, 0.2) is 0 Å². The van der Waals surface area contributed by atoms with Gasteiger partial charge in [0.2, 0.25) is 10.0 Å². The van der Waals surface area contributed by atoms with E-state index in [0.29, 0.717) is 6.07 Å². The predicted molar refractivity (Wildman–Crippen MR) is 98.0 cm³/mol. The number of thiophene rings is 1. The number of aryl methyl sites for hydroxylation is 1. The molecule has 1 aromatic heterocycles. The molecule has 154 valence electrons. The van der Waals surface area contributed by atoms with Crippen LogP contribution in [0.3, 0.4) is 0 Å². The van der Waals surface area contributed by atoms with Crippen LogP contribution in [0.4, 0.5) is 13.2 Å². The first kappa shape index (κ1) is 21.2. The van der Waals surface area contributed by atoms with Crippen LogP contribution in [0.25, 0.3) is 0 Å². The summed E-state index contributed by atoms with van der Waals surface area (Å²) in [5, 5.41) is 0. The summed E-state index contributed by atoms with van der Waals surface area (Å²) in [6, 6.07) is 6.71. The molecule has 28 heavy (non-hydrogen) atoms. The van der Waals surface area contributed by atoms with Crippen molar-refractivity contribution in [3.63, 3.8) is 0 Å². The molecular weight excluding hydrogens is 437 g/mol. The van der Waals surface area contributed by atoms with Crippen LogP contribution in [0.2, 0.25) is 0 Å². The summed E-state index contributed by atoms with van der Waals surface area (Å²) in [4.78, 5) is 0.372. The molecule has 0 unspecified atom stereocenters. The lowest BCUT2D eigenvalue weighted by atomic mass is 10.2. The van der Waals surface area contributed by atoms with Gasteiger partial charge in [-0.1, -0.05) is 6.07 Å². The van der Waals surface area contributed by atoms with Crippen molar-refractivity contribution in [2.24, 2.45) is 0 Å². The molecule has 1 saturated heterocycles. The Labute approximate surface area is 165 Å². The third-order valence-corrected chi connectivity index (χ3v) is 9.57. The largest absolute Gasteiger partial charge is 0.416 e. The van der Waals surface area contributed by atoms with E-state index in [1.807, 2.05) is 0 Å². The van der Waals surface area contributed by atoms with Gasteiger partial charge in [0.25, 0.3) is 10.0 Å². The molecule has 0 aliphatic carbocycles. The average molecular weight is 455 g/mol. The maximum Gasteiger partial charge on any atom is 0.416 e. The molecule has 0 bridgehead atoms. The first-order valence-corrected chi connectivity index (χ1v) is 11.9. The van der Waals surface area contributed by atoms with Crippen molar-refractivity contribution in [2.45, 2.75) is 22.2 Å².